The van der Waals surface area contributed by atoms with Gasteiger partial charge in [0.05, 0.1) is 6.10 Å². The van der Waals surface area contributed by atoms with E-state index in [-0.39, 0.29) is 0 Å². The zero-order chi connectivity index (χ0) is 10.8. The molecule has 88 valence electrons. The number of ether oxygens (including phenoxy) is 1. The van der Waals surface area contributed by atoms with E-state index in [2.05, 4.69) is 24.2 Å². The van der Waals surface area contributed by atoms with Crippen molar-refractivity contribution >= 4 is 0 Å². The largest absolute Gasteiger partial charge is 0.381 e. The van der Waals surface area contributed by atoms with Gasteiger partial charge in [0, 0.05) is 31.8 Å². The Morgan fingerprint density at radius 1 is 1.20 bits per heavy atom. The number of hydrogen-bond acceptors (Lipinski definition) is 3. The summed E-state index contributed by atoms with van der Waals surface area (Å²) in [7, 11) is 4.05. The van der Waals surface area contributed by atoms with Crippen molar-refractivity contribution in [2.45, 2.75) is 56.8 Å². The highest BCUT2D eigenvalue weighted by Gasteiger charge is 2.31. The molecule has 1 N–H and O–H groups in total. The van der Waals surface area contributed by atoms with Crippen LogP contribution in [0, 0.1) is 0 Å². The number of rotatable bonds is 3. The first-order chi connectivity index (χ1) is 7.19. The van der Waals surface area contributed by atoms with E-state index in [9.17, 15) is 0 Å². The Bertz CT molecular complexity index is 200. The number of nitrogens with one attached hydrogen (secondary N) is 1. The molecule has 0 aromatic rings. The third-order valence-electron chi connectivity index (χ3n) is 4.08. The van der Waals surface area contributed by atoms with Crippen molar-refractivity contribution in [2.24, 2.45) is 0 Å². The van der Waals surface area contributed by atoms with E-state index in [1.165, 1.54) is 32.2 Å². The third-order valence-corrected chi connectivity index (χ3v) is 4.08. The van der Waals surface area contributed by atoms with E-state index in [1.807, 2.05) is 7.11 Å². The molecule has 1 aliphatic carbocycles. The molecule has 3 heteroatoms. The quantitative estimate of drug-likeness (QED) is 0.761. The van der Waals surface area contributed by atoms with Gasteiger partial charge in [0.2, 0.25) is 0 Å². The van der Waals surface area contributed by atoms with Gasteiger partial charge in [0.15, 0.2) is 0 Å². The van der Waals surface area contributed by atoms with Crippen molar-refractivity contribution < 1.29 is 4.74 Å². The van der Waals surface area contributed by atoms with Crippen LogP contribution in [0.15, 0.2) is 0 Å². The van der Waals surface area contributed by atoms with E-state index in [0.717, 1.165) is 6.04 Å². The Morgan fingerprint density at radius 3 is 2.53 bits per heavy atom. The highest BCUT2D eigenvalue weighted by molar-refractivity contribution is 4.90. The molecule has 15 heavy (non-hydrogen) atoms. The molecule has 4 atom stereocenters. The summed E-state index contributed by atoms with van der Waals surface area (Å²) in [5.41, 5.74) is 0. The molecule has 0 radical (unpaired) electrons. The molecule has 0 amide bonds. The van der Waals surface area contributed by atoms with E-state index in [1.54, 1.807) is 0 Å². The minimum atomic E-state index is 0.499. The minimum absolute atomic E-state index is 0.499. The molecule has 0 spiro atoms. The Hall–Kier alpha value is -0.120. The molecule has 0 bridgehead atoms. The smallest absolute Gasteiger partial charge is 0.0586 e. The summed E-state index contributed by atoms with van der Waals surface area (Å²) >= 11 is 0. The number of hydrogen-bond donors (Lipinski definition) is 1. The van der Waals surface area contributed by atoms with E-state index in [0.29, 0.717) is 18.2 Å². The second-order valence-electron chi connectivity index (χ2n) is 5.26. The summed E-state index contributed by atoms with van der Waals surface area (Å²) in [6.45, 7) is 3.52. The predicted octanol–water partition coefficient (Wildman–Crippen LogP) is 1.24. The van der Waals surface area contributed by atoms with Gasteiger partial charge in [-0.1, -0.05) is 0 Å². The maximum atomic E-state index is 5.40. The fourth-order valence-electron chi connectivity index (χ4n) is 2.95. The molecular weight excluding hydrogens is 188 g/mol. The maximum absolute atomic E-state index is 5.40. The van der Waals surface area contributed by atoms with Crippen LogP contribution in [-0.4, -0.2) is 49.8 Å². The topological polar surface area (TPSA) is 24.5 Å². The third kappa shape index (κ3) is 2.71. The Morgan fingerprint density at radius 2 is 2.00 bits per heavy atom. The molecule has 1 aliphatic heterocycles. The van der Waals surface area contributed by atoms with Crippen molar-refractivity contribution in [2.75, 3.05) is 20.7 Å². The maximum Gasteiger partial charge on any atom is 0.0586 e. The summed E-state index contributed by atoms with van der Waals surface area (Å²) in [6, 6.07) is 2.13. The van der Waals surface area contributed by atoms with Gasteiger partial charge in [-0.15, -0.1) is 0 Å². The molecule has 1 saturated carbocycles. The molecule has 0 aromatic carbocycles. The SMILES string of the molecule is COC1CCC(NC2CC(C)N(C)C2)C1. The average molecular weight is 212 g/mol. The first kappa shape index (κ1) is 11.4. The van der Waals surface area contributed by atoms with Crippen LogP contribution in [0.5, 0.6) is 0 Å². The van der Waals surface area contributed by atoms with Crippen LogP contribution in [0.2, 0.25) is 0 Å². The van der Waals surface area contributed by atoms with Gasteiger partial charge in [-0.05, 0) is 39.7 Å². The van der Waals surface area contributed by atoms with Crippen molar-refractivity contribution in [1.82, 2.24) is 10.2 Å². The van der Waals surface area contributed by atoms with Crippen molar-refractivity contribution in [3.05, 3.63) is 0 Å². The van der Waals surface area contributed by atoms with E-state index in [4.69, 9.17) is 4.74 Å². The molecule has 4 unspecified atom stereocenters. The Labute approximate surface area is 93.2 Å². The average Bonchev–Trinajstić information content (AvgIpc) is 2.76. The normalized spacial score (nSPS) is 42.6. The van der Waals surface area contributed by atoms with Crippen molar-refractivity contribution in [3.63, 3.8) is 0 Å². The zero-order valence-corrected chi connectivity index (χ0v) is 10.2. The van der Waals surface area contributed by atoms with E-state index < -0.39 is 0 Å². The molecular formula is C12H24N2O. The van der Waals surface area contributed by atoms with Crippen molar-refractivity contribution in [3.8, 4) is 0 Å². The second-order valence-corrected chi connectivity index (χ2v) is 5.26. The molecule has 0 aromatic heterocycles. The second kappa shape index (κ2) is 4.81. The summed E-state index contributed by atoms with van der Waals surface area (Å²) in [5, 5.41) is 3.78. The molecule has 3 nitrogen and oxygen atoms in total. The lowest BCUT2D eigenvalue weighted by atomic mass is 10.1. The lowest BCUT2D eigenvalue weighted by Crippen LogP contribution is -2.38. The number of methoxy groups -OCH3 is 1. The summed E-state index contributed by atoms with van der Waals surface area (Å²) in [5.74, 6) is 0. The van der Waals surface area contributed by atoms with Crippen molar-refractivity contribution in [1.29, 1.82) is 0 Å². The molecule has 2 rings (SSSR count). The number of likely N-dealkylation sites (N-methyl/N-ethyl adjacent to an activating group) is 1. The van der Waals surface area contributed by atoms with Gasteiger partial charge in [-0.2, -0.15) is 0 Å². The lowest BCUT2D eigenvalue weighted by Gasteiger charge is -2.18. The van der Waals surface area contributed by atoms with Crippen LogP contribution < -0.4 is 5.32 Å². The van der Waals surface area contributed by atoms with Gasteiger partial charge in [-0.3, -0.25) is 0 Å². The highest BCUT2D eigenvalue weighted by atomic mass is 16.5. The number of nitrogens with zero attached hydrogens (tertiary/aromatic N) is 1. The minimum Gasteiger partial charge on any atom is -0.381 e. The predicted molar refractivity (Wildman–Crippen MR) is 62.1 cm³/mol. The van der Waals surface area contributed by atoms with Crippen LogP contribution in [0.1, 0.15) is 32.6 Å². The fourth-order valence-corrected chi connectivity index (χ4v) is 2.95. The highest BCUT2D eigenvalue weighted by Crippen LogP contribution is 2.24. The fraction of sp³-hybridized carbons (Fsp3) is 1.00. The van der Waals surface area contributed by atoms with E-state index >= 15 is 0 Å². The first-order valence-electron chi connectivity index (χ1n) is 6.18. The van der Waals surface area contributed by atoms with Crippen LogP contribution in [0.3, 0.4) is 0 Å². The molecule has 1 heterocycles. The zero-order valence-electron chi connectivity index (χ0n) is 10.2. The lowest BCUT2D eigenvalue weighted by molar-refractivity contribution is 0.106. The first-order valence-corrected chi connectivity index (χ1v) is 6.18. The van der Waals surface area contributed by atoms with Gasteiger partial charge < -0.3 is 15.0 Å². The van der Waals surface area contributed by atoms with Crippen LogP contribution in [0.25, 0.3) is 0 Å². The summed E-state index contributed by atoms with van der Waals surface area (Å²) in [4.78, 5) is 2.44. The van der Waals surface area contributed by atoms with Gasteiger partial charge in [0.1, 0.15) is 0 Å². The van der Waals surface area contributed by atoms with Gasteiger partial charge in [0.25, 0.3) is 0 Å². The Balaban J connectivity index is 1.74. The van der Waals surface area contributed by atoms with Gasteiger partial charge >= 0.3 is 0 Å². The molecule has 2 fully saturated rings. The number of likely N-dealkylation sites (tertiary alicyclic amines) is 1. The molecule has 2 aliphatic rings. The monoisotopic (exact) mass is 212 g/mol. The summed E-state index contributed by atoms with van der Waals surface area (Å²) < 4.78 is 5.40. The van der Waals surface area contributed by atoms with Crippen LogP contribution >= 0.6 is 0 Å². The standard InChI is InChI=1S/C12H24N2O/c1-9-6-11(8-14(9)2)13-10-4-5-12(7-10)15-3/h9-13H,4-8H2,1-3H3. The van der Waals surface area contributed by atoms with Crippen LogP contribution in [0.4, 0.5) is 0 Å². The Kier molecular flexibility index (Phi) is 3.65. The summed E-state index contributed by atoms with van der Waals surface area (Å²) in [6.07, 6.45) is 5.51. The van der Waals surface area contributed by atoms with Crippen LogP contribution in [-0.2, 0) is 4.74 Å². The van der Waals surface area contributed by atoms with Gasteiger partial charge in [-0.25, -0.2) is 0 Å². The molecule has 1 saturated heterocycles.